The number of anilines is 2. The first kappa shape index (κ1) is 13.5. The number of morpholine rings is 1. The molecule has 1 unspecified atom stereocenters. The Morgan fingerprint density at radius 2 is 2.19 bits per heavy atom. The molecule has 0 aliphatic carbocycles. The van der Waals surface area contributed by atoms with Crippen LogP contribution in [0.3, 0.4) is 0 Å². The van der Waals surface area contributed by atoms with E-state index in [4.69, 9.17) is 16.3 Å². The number of nitrogens with one attached hydrogen (secondary N) is 1. The minimum Gasteiger partial charge on any atom is -0.377 e. The first-order chi connectivity index (χ1) is 10.2. The Balaban J connectivity index is 2.15. The van der Waals surface area contributed by atoms with Gasteiger partial charge in [0.05, 0.1) is 18.7 Å². The summed E-state index contributed by atoms with van der Waals surface area (Å²) >= 11 is 0. The van der Waals surface area contributed by atoms with E-state index in [2.05, 4.69) is 15.4 Å². The Kier molecular flexibility index (Phi) is 3.55. The Bertz CT molecular complexity index is 677. The molecule has 21 heavy (non-hydrogen) atoms. The Morgan fingerprint density at radius 1 is 1.38 bits per heavy atom. The third-order valence-corrected chi connectivity index (χ3v) is 3.44. The van der Waals surface area contributed by atoms with Crippen LogP contribution in [0.2, 0.25) is 0 Å². The van der Waals surface area contributed by atoms with E-state index >= 15 is 0 Å². The van der Waals surface area contributed by atoms with E-state index in [0.29, 0.717) is 24.9 Å². The molecule has 1 aromatic heterocycles. The first-order valence-corrected chi connectivity index (χ1v) is 6.58. The van der Waals surface area contributed by atoms with Crippen LogP contribution in [-0.2, 0) is 9.53 Å². The highest BCUT2D eigenvalue weighted by atomic mass is 16.5. The molecule has 2 aromatic rings. The number of hydrazine groups is 1. The molecule has 1 atom stereocenters. The number of amides is 1. The largest absolute Gasteiger partial charge is 0.377 e. The summed E-state index contributed by atoms with van der Waals surface area (Å²) in [7, 11) is 0. The van der Waals surface area contributed by atoms with Crippen LogP contribution >= 0.6 is 0 Å². The van der Waals surface area contributed by atoms with E-state index in [1.807, 2.05) is 29.2 Å². The van der Waals surface area contributed by atoms with Crippen LogP contribution in [0.4, 0.5) is 11.8 Å². The number of primary amides is 1. The average Bonchev–Trinajstić information content (AvgIpc) is 2.53. The van der Waals surface area contributed by atoms with Gasteiger partial charge in [-0.1, -0.05) is 12.1 Å². The highest BCUT2D eigenvalue weighted by Gasteiger charge is 2.30. The molecule has 1 aromatic carbocycles. The van der Waals surface area contributed by atoms with E-state index in [-0.39, 0.29) is 6.61 Å². The molecule has 0 saturated carbocycles. The second-order valence-electron chi connectivity index (χ2n) is 4.72. The SMILES string of the molecule is NNc1nc(N2CCOCC2C(N)=O)c2ccccc2n1. The van der Waals surface area contributed by atoms with Crippen molar-refractivity contribution in [3.05, 3.63) is 24.3 Å². The molecule has 1 aliphatic rings. The van der Waals surface area contributed by atoms with Crippen molar-refractivity contribution in [2.75, 3.05) is 30.1 Å². The third-order valence-electron chi connectivity index (χ3n) is 3.44. The van der Waals surface area contributed by atoms with Crippen molar-refractivity contribution in [2.24, 2.45) is 11.6 Å². The van der Waals surface area contributed by atoms with Gasteiger partial charge in [0.1, 0.15) is 11.9 Å². The summed E-state index contributed by atoms with van der Waals surface area (Å²) in [6.07, 6.45) is 0. The minimum atomic E-state index is -0.553. The number of hydrogen-bond donors (Lipinski definition) is 3. The minimum absolute atomic E-state index is 0.249. The third kappa shape index (κ3) is 2.46. The molecule has 1 aliphatic heterocycles. The molecule has 1 amide bonds. The van der Waals surface area contributed by atoms with Crippen molar-refractivity contribution in [1.29, 1.82) is 0 Å². The van der Waals surface area contributed by atoms with Gasteiger partial charge in [-0.15, -0.1) is 0 Å². The molecule has 1 saturated heterocycles. The second-order valence-corrected chi connectivity index (χ2v) is 4.72. The maximum atomic E-state index is 11.6. The summed E-state index contributed by atoms with van der Waals surface area (Å²) in [6.45, 7) is 1.28. The van der Waals surface area contributed by atoms with Crippen LogP contribution in [0.15, 0.2) is 24.3 Å². The fourth-order valence-corrected chi connectivity index (χ4v) is 2.44. The van der Waals surface area contributed by atoms with Crippen LogP contribution in [0.25, 0.3) is 10.9 Å². The zero-order valence-electron chi connectivity index (χ0n) is 11.3. The van der Waals surface area contributed by atoms with Gasteiger partial charge in [0.15, 0.2) is 0 Å². The number of hydrogen-bond acceptors (Lipinski definition) is 7. The lowest BCUT2D eigenvalue weighted by Gasteiger charge is -2.35. The van der Waals surface area contributed by atoms with Crippen LogP contribution in [-0.4, -0.2) is 41.7 Å². The normalized spacial score (nSPS) is 18.7. The number of aromatic nitrogens is 2. The Morgan fingerprint density at radius 3 is 2.95 bits per heavy atom. The summed E-state index contributed by atoms with van der Waals surface area (Å²) in [6, 6.07) is 6.98. The van der Waals surface area contributed by atoms with Gasteiger partial charge in [0, 0.05) is 11.9 Å². The Hall–Kier alpha value is -2.45. The molecule has 0 radical (unpaired) electrons. The number of carbonyl (C=O) groups excluding carboxylic acids is 1. The molecule has 0 bridgehead atoms. The molecular weight excluding hydrogens is 272 g/mol. The summed E-state index contributed by atoms with van der Waals surface area (Å²) in [5.41, 5.74) is 8.65. The monoisotopic (exact) mass is 288 g/mol. The van der Waals surface area contributed by atoms with Crippen LogP contribution in [0.1, 0.15) is 0 Å². The standard InChI is InChI=1S/C13H16N6O2/c14-11(20)10-7-21-6-5-19(10)12-8-3-1-2-4-9(8)16-13(17-12)18-15/h1-4,10H,5-7,15H2,(H2,14,20)(H,16,17,18). The number of nitrogens with zero attached hydrogens (tertiary/aromatic N) is 3. The fourth-order valence-electron chi connectivity index (χ4n) is 2.44. The van der Waals surface area contributed by atoms with Gasteiger partial charge < -0.3 is 15.4 Å². The molecule has 2 heterocycles. The van der Waals surface area contributed by atoms with E-state index in [1.165, 1.54) is 0 Å². The van der Waals surface area contributed by atoms with Gasteiger partial charge in [-0.3, -0.25) is 10.2 Å². The van der Waals surface area contributed by atoms with Gasteiger partial charge in [-0.25, -0.2) is 10.8 Å². The maximum Gasteiger partial charge on any atom is 0.242 e. The van der Waals surface area contributed by atoms with E-state index < -0.39 is 11.9 Å². The van der Waals surface area contributed by atoms with Gasteiger partial charge in [-0.2, -0.15) is 4.98 Å². The molecule has 110 valence electrons. The lowest BCUT2D eigenvalue weighted by molar-refractivity contribution is -0.121. The molecule has 3 rings (SSSR count). The maximum absolute atomic E-state index is 11.6. The van der Waals surface area contributed by atoms with Crippen molar-refractivity contribution in [2.45, 2.75) is 6.04 Å². The summed E-state index contributed by atoms with van der Waals surface area (Å²) in [5.74, 6) is 5.89. The highest BCUT2D eigenvalue weighted by Crippen LogP contribution is 2.27. The van der Waals surface area contributed by atoms with Crippen molar-refractivity contribution in [3.63, 3.8) is 0 Å². The molecular formula is C13H16N6O2. The molecule has 0 spiro atoms. The van der Waals surface area contributed by atoms with Gasteiger partial charge in [-0.05, 0) is 12.1 Å². The smallest absolute Gasteiger partial charge is 0.242 e. The molecule has 8 heteroatoms. The summed E-state index contributed by atoms with van der Waals surface area (Å²) in [5, 5.41) is 0.838. The lowest BCUT2D eigenvalue weighted by Crippen LogP contribution is -2.53. The van der Waals surface area contributed by atoms with Crippen molar-refractivity contribution in [3.8, 4) is 0 Å². The van der Waals surface area contributed by atoms with Crippen molar-refractivity contribution >= 4 is 28.6 Å². The molecule has 5 N–H and O–H groups in total. The topological polar surface area (TPSA) is 119 Å². The predicted molar refractivity (Wildman–Crippen MR) is 78.5 cm³/mol. The Labute approximate surface area is 121 Å². The number of carbonyl (C=O) groups is 1. The van der Waals surface area contributed by atoms with E-state index in [0.717, 1.165) is 10.9 Å². The second kappa shape index (κ2) is 5.51. The van der Waals surface area contributed by atoms with Crippen LogP contribution in [0.5, 0.6) is 0 Å². The van der Waals surface area contributed by atoms with Gasteiger partial charge in [0.2, 0.25) is 11.9 Å². The van der Waals surface area contributed by atoms with Crippen LogP contribution in [0, 0.1) is 0 Å². The summed E-state index contributed by atoms with van der Waals surface area (Å²) < 4.78 is 5.34. The number of nitrogen functional groups attached to an aromatic ring is 1. The average molecular weight is 288 g/mol. The number of ether oxygens (including phenoxy) is 1. The van der Waals surface area contributed by atoms with Gasteiger partial charge in [0.25, 0.3) is 0 Å². The zero-order chi connectivity index (χ0) is 14.8. The predicted octanol–water partition coefficient (Wildman–Crippen LogP) is -0.394. The highest BCUT2D eigenvalue weighted by molar-refractivity contribution is 5.93. The van der Waals surface area contributed by atoms with Crippen molar-refractivity contribution < 1.29 is 9.53 Å². The fraction of sp³-hybridized carbons (Fsp3) is 0.308. The quantitative estimate of drug-likeness (QED) is 0.519. The van der Waals surface area contributed by atoms with Crippen LogP contribution < -0.4 is 21.9 Å². The van der Waals surface area contributed by atoms with Gasteiger partial charge >= 0.3 is 0 Å². The lowest BCUT2D eigenvalue weighted by atomic mass is 10.1. The number of benzene rings is 1. The zero-order valence-corrected chi connectivity index (χ0v) is 11.3. The van der Waals surface area contributed by atoms with E-state index in [9.17, 15) is 4.79 Å². The van der Waals surface area contributed by atoms with E-state index in [1.54, 1.807) is 0 Å². The first-order valence-electron chi connectivity index (χ1n) is 6.58. The molecule has 8 nitrogen and oxygen atoms in total. The number of nitrogens with two attached hydrogens (primary N) is 2. The number of para-hydroxylation sites is 1. The van der Waals surface area contributed by atoms with Crippen molar-refractivity contribution in [1.82, 2.24) is 9.97 Å². The molecule has 1 fully saturated rings. The number of rotatable bonds is 3. The summed E-state index contributed by atoms with van der Waals surface area (Å²) in [4.78, 5) is 22.2. The number of fused-ring (bicyclic) bond motifs is 1.